The van der Waals surface area contributed by atoms with Crippen molar-refractivity contribution < 1.29 is 27.6 Å². The van der Waals surface area contributed by atoms with E-state index in [1.54, 1.807) is 6.20 Å². The van der Waals surface area contributed by atoms with E-state index in [2.05, 4.69) is 21.4 Å². The predicted octanol–water partition coefficient (Wildman–Crippen LogP) is 1.80. The summed E-state index contributed by atoms with van der Waals surface area (Å²) in [5, 5.41) is 0. The first kappa shape index (κ1) is 21.3. The second-order valence-electron chi connectivity index (χ2n) is 7.32. The van der Waals surface area contributed by atoms with Gasteiger partial charge in [-0.05, 0) is 48.2 Å². The number of nitrogens with one attached hydrogen (secondary N) is 1. The number of nitrogens with zero attached hydrogens (tertiary/aromatic N) is 2. The molecule has 2 aliphatic rings. The van der Waals surface area contributed by atoms with Crippen molar-refractivity contribution >= 4 is 37.7 Å². The molecule has 156 valence electrons. The highest BCUT2D eigenvalue weighted by Gasteiger charge is 2.45. The molecule has 9 nitrogen and oxygen atoms in total. The molecule has 11 heteroatoms. The fraction of sp³-hybridized carbons (Fsp3) is 0.647. The molecule has 0 aromatic carbocycles. The molecule has 3 rings (SSSR count). The number of hydrogen-bond donors (Lipinski definition) is 1. The Morgan fingerprint density at radius 2 is 2.21 bits per heavy atom. The Balaban J connectivity index is 1.63. The van der Waals surface area contributed by atoms with Crippen LogP contribution in [0, 0.1) is 0 Å². The summed E-state index contributed by atoms with van der Waals surface area (Å²) in [6, 6.07) is 1.59. The third kappa shape index (κ3) is 4.27. The summed E-state index contributed by atoms with van der Waals surface area (Å²) in [6.07, 6.45) is 4.52. The van der Waals surface area contributed by atoms with Crippen molar-refractivity contribution in [1.29, 1.82) is 0 Å². The number of carbonyl (C=O) groups excluding carboxylic acids is 2. The highest BCUT2D eigenvalue weighted by atomic mass is 79.9. The van der Waals surface area contributed by atoms with Crippen LogP contribution in [0.25, 0.3) is 0 Å². The summed E-state index contributed by atoms with van der Waals surface area (Å²) >= 11 is 3.32. The molecule has 0 unspecified atom stereocenters. The second-order valence-corrected chi connectivity index (χ2v) is 10.7. The number of sulfone groups is 1. The van der Waals surface area contributed by atoms with Crippen molar-refractivity contribution in [2.45, 2.75) is 50.2 Å². The van der Waals surface area contributed by atoms with E-state index >= 15 is 0 Å². The Morgan fingerprint density at radius 3 is 2.82 bits per heavy atom. The first-order valence-corrected chi connectivity index (χ1v) is 11.7. The van der Waals surface area contributed by atoms with Crippen molar-refractivity contribution in [3.63, 3.8) is 0 Å². The van der Waals surface area contributed by atoms with Gasteiger partial charge in [0.15, 0.2) is 20.9 Å². The monoisotopic (exact) mass is 477 g/mol. The fourth-order valence-electron chi connectivity index (χ4n) is 3.21. The number of fused-ring (bicyclic) bond motifs is 1. The van der Waals surface area contributed by atoms with Gasteiger partial charge in [0.2, 0.25) is 0 Å². The lowest BCUT2D eigenvalue weighted by atomic mass is 10.1. The molecule has 2 atom stereocenters. The SMILES string of the molecule is C[C@@](CCN1Cc2cc(Br)cn2C1=O)(C(=O)NO[C@H]1CCCCO1)S(C)(=O)=O. The molecule has 0 radical (unpaired) electrons. The minimum atomic E-state index is -3.77. The average Bonchev–Trinajstić information content (AvgIpc) is 3.14. The molecule has 1 aromatic heterocycles. The Morgan fingerprint density at radius 1 is 1.46 bits per heavy atom. The molecule has 28 heavy (non-hydrogen) atoms. The Bertz CT molecular complexity index is 864. The zero-order chi connectivity index (χ0) is 20.5. The lowest BCUT2D eigenvalue weighted by molar-refractivity contribution is -0.201. The third-order valence-electron chi connectivity index (χ3n) is 5.27. The number of aromatic nitrogens is 1. The lowest BCUT2D eigenvalue weighted by Crippen LogP contribution is -2.52. The summed E-state index contributed by atoms with van der Waals surface area (Å²) in [5.74, 6) is -0.766. The predicted molar refractivity (Wildman–Crippen MR) is 104 cm³/mol. The van der Waals surface area contributed by atoms with E-state index in [-0.39, 0.29) is 19.0 Å². The number of hydroxylamine groups is 1. The average molecular weight is 478 g/mol. The van der Waals surface area contributed by atoms with Crippen LogP contribution in [0.2, 0.25) is 0 Å². The summed E-state index contributed by atoms with van der Waals surface area (Å²) in [6.45, 7) is 2.37. The molecule has 1 saturated heterocycles. The van der Waals surface area contributed by atoms with E-state index < -0.39 is 26.8 Å². The van der Waals surface area contributed by atoms with Crippen LogP contribution < -0.4 is 5.48 Å². The topological polar surface area (TPSA) is 107 Å². The van der Waals surface area contributed by atoms with Crippen LogP contribution in [-0.2, 0) is 30.8 Å². The maximum absolute atomic E-state index is 12.7. The minimum absolute atomic E-state index is 0.0513. The Labute approximate surface area is 172 Å². The van der Waals surface area contributed by atoms with Crippen molar-refractivity contribution in [3.05, 3.63) is 22.4 Å². The molecule has 1 aromatic rings. The van der Waals surface area contributed by atoms with Gasteiger partial charge in [-0.3, -0.25) is 9.36 Å². The van der Waals surface area contributed by atoms with Gasteiger partial charge in [-0.1, -0.05) is 0 Å². The highest BCUT2D eigenvalue weighted by Crippen LogP contribution is 2.27. The van der Waals surface area contributed by atoms with Crippen LogP contribution in [0.1, 0.15) is 38.3 Å². The van der Waals surface area contributed by atoms with Gasteiger partial charge in [0.1, 0.15) is 0 Å². The molecule has 0 spiro atoms. The van der Waals surface area contributed by atoms with Gasteiger partial charge in [-0.25, -0.2) is 23.5 Å². The van der Waals surface area contributed by atoms with E-state index in [0.29, 0.717) is 19.6 Å². The molecule has 3 heterocycles. The molecule has 0 aliphatic carbocycles. The number of hydrogen-bond acceptors (Lipinski definition) is 6. The van der Waals surface area contributed by atoms with Crippen LogP contribution >= 0.6 is 15.9 Å². The van der Waals surface area contributed by atoms with Gasteiger partial charge >= 0.3 is 6.03 Å². The molecular weight excluding hydrogens is 454 g/mol. The quantitative estimate of drug-likeness (QED) is 0.599. The summed E-state index contributed by atoms with van der Waals surface area (Å²) < 4.78 is 30.7. The van der Waals surface area contributed by atoms with Crippen LogP contribution in [0.4, 0.5) is 4.79 Å². The van der Waals surface area contributed by atoms with Crippen molar-refractivity contribution in [1.82, 2.24) is 14.9 Å². The van der Waals surface area contributed by atoms with Crippen LogP contribution in [0.15, 0.2) is 16.7 Å². The second kappa shape index (κ2) is 8.13. The summed E-state index contributed by atoms with van der Waals surface area (Å²) in [4.78, 5) is 31.9. The first-order valence-electron chi connectivity index (χ1n) is 9.05. The van der Waals surface area contributed by atoms with Crippen LogP contribution in [0.3, 0.4) is 0 Å². The molecular formula is C17H24BrN3O6S. The van der Waals surface area contributed by atoms with Gasteiger partial charge in [-0.15, -0.1) is 0 Å². The van der Waals surface area contributed by atoms with Gasteiger partial charge in [0.05, 0.1) is 6.54 Å². The number of amides is 2. The normalized spacial score (nSPS) is 22.0. The zero-order valence-corrected chi connectivity index (χ0v) is 18.2. The maximum atomic E-state index is 12.7. The molecule has 1 fully saturated rings. The fourth-order valence-corrected chi connectivity index (χ4v) is 4.52. The standard InChI is InChI=1S/C17H24BrN3O6S/c1-17(28(2,24)25,15(22)19-27-14-5-3-4-8-26-14)6-7-20-11-13-9-12(18)10-21(13)16(20)23/h9-10,14H,3-8,11H2,1-2H3,(H,19,22)/t14-,17+/m0/s1. The number of rotatable bonds is 7. The maximum Gasteiger partial charge on any atom is 0.328 e. The van der Waals surface area contributed by atoms with E-state index in [1.807, 2.05) is 6.07 Å². The number of ether oxygens (including phenoxy) is 1. The minimum Gasteiger partial charge on any atom is -0.350 e. The van der Waals surface area contributed by atoms with Gasteiger partial charge in [0, 0.05) is 42.2 Å². The van der Waals surface area contributed by atoms with E-state index in [1.165, 1.54) is 16.4 Å². The van der Waals surface area contributed by atoms with Crippen molar-refractivity contribution in [3.8, 4) is 0 Å². The van der Waals surface area contributed by atoms with Gasteiger partial charge < -0.3 is 9.64 Å². The van der Waals surface area contributed by atoms with Crippen molar-refractivity contribution in [2.24, 2.45) is 0 Å². The van der Waals surface area contributed by atoms with Crippen molar-refractivity contribution in [2.75, 3.05) is 19.4 Å². The third-order valence-corrected chi connectivity index (χ3v) is 7.73. The number of halogens is 1. The lowest BCUT2D eigenvalue weighted by Gasteiger charge is -2.29. The molecule has 0 bridgehead atoms. The Kier molecular flexibility index (Phi) is 6.18. The molecule has 2 amide bonds. The van der Waals surface area contributed by atoms with Crippen LogP contribution in [-0.4, -0.2) is 60.3 Å². The highest BCUT2D eigenvalue weighted by molar-refractivity contribution is 9.10. The van der Waals surface area contributed by atoms with Gasteiger partial charge in [-0.2, -0.15) is 0 Å². The number of carbonyl (C=O) groups is 2. The van der Waals surface area contributed by atoms with E-state index in [4.69, 9.17) is 9.57 Å². The summed E-state index contributed by atoms with van der Waals surface area (Å²) in [5.41, 5.74) is 3.05. The van der Waals surface area contributed by atoms with Gasteiger partial charge in [0.25, 0.3) is 5.91 Å². The zero-order valence-electron chi connectivity index (χ0n) is 15.8. The smallest absolute Gasteiger partial charge is 0.328 e. The largest absolute Gasteiger partial charge is 0.350 e. The van der Waals surface area contributed by atoms with Crippen LogP contribution in [0.5, 0.6) is 0 Å². The van der Waals surface area contributed by atoms with E-state index in [0.717, 1.165) is 29.3 Å². The first-order chi connectivity index (χ1) is 13.1. The Hall–Kier alpha value is -1.43. The molecule has 0 saturated carbocycles. The van der Waals surface area contributed by atoms with E-state index in [9.17, 15) is 18.0 Å². The summed E-state index contributed by atoms with van der Waals surface area (Å²) in [7, 11) is -3.77. The molecule has 2 aliphatic heterocycles. The molecule has 1 N–H and O–H groups in total.